The molecule has 114 valence electrons. The van der Waals surface area contributed by atoms with Gasteiger partial charge in [0.25, 0.3) is 0 Å². The fourth-order valence-electron chi connectivity index (χ4n) is 2.69. The second-order valence-corrected chi connectivity index (χ2v) is 5.25. The maximum Gasteiger partial charge on any atom is 0.323 e. The van der Waals surface area contributed by atoms with Crippen LogP contribution in [0.4, 0.5) is 4.39 Å². The summed E-state index contributed by atoms with van der Waals surface area (Å²) < 4.78 is 17.7. The molecule has 0 aromatic heterocycles. The third-order valence-electron chi connectivity index (χ3n) is 3.88. The van der Waals surface area contributed by atoms with Gasteiger partial charge in [0.05, 0.1) is 7.11 Å². The summed E-state index contributed by atoms with van der Waals surface area (Å²) in [6.45, 7) is 1.33. The minimum absolute atomic E-state index is 0.0378. The first-order valence-electron chi connectivity index (χ1n) is 7.22. The van der Waals surface area contributed by atoms with Crippen molar-refractivity contribution >= 4 is 11.8 Å². The fraction of sp³-hybridized carbons (Fsp3) is 0.500. The zero-order valence-electron chi connectivity index (χ0n) is 12.2. The number of nitrogens with zero attached hydrogens (tertiary/aromatic N) is 1. The van der Waals surface area contributed by atoms with E-state index in [9.17, 15) is 14.0 Å². The van der Waals surface area contributed by atoms with Crippen molar-refractivity contribution in [2.45, 2.75) is 31.7 Å². The molecule has 0 radical (unpaired) electrons. The first-order valence-corrected chi connectivity index (χ1v) is 7.22. The molecule has 0 spiro atoms. The number of ether oxygens (including phenoxy) is 1. The van der Waals surface area contributed by atoms with Crippen LogP contribution in [0.2, 0.25) is 0 Å². The number of carbonyl (C=O) groups excluding carboxylic acids is 2. The summed E-state index contributed by atoms with van der Waals surface area (Å²) in [4.78, 5) is 25.8. The van der Waals surface area contributed by atoms with E-state index >= 15 is 0 Å². The minimum Gasteiger partial charge on any atom is -0.468 e. The van der Waals surface area contributed by atoms with Gasteiger partial charge in [-0.05, 0) is 43.7 Å². The molecule has 1 saturated heterocycles. The molecule has 0 bridgehead atoms. The molecular formula is C16H20FNO3. The highest BCUT2D eigenvalue weighted by Crippen LogP contribution is 2.19. The van der Waals surface area contributed by atoms with Crippen LogP contribution < -0.4 is 0 Å². The summed E-state index contributed by atoms with van der Waals surface area (Å²) in [7, 11) is 1.39. The van der Waals surface area contributed by atoms with Gasteiger partial charge in [0.15, 0.2) is 5.78 Å². The van der Waals surface area contributed by atoms with Gasteiger partial charge >= 0.3 is 5.97 Å². The molecule has 1 aromatic rings. The molecular weight excluding hydrogens is 273 g/mol. The van der Waals surface area contributed by atoms with Crippen LogP contribution in [0.3, 0.4) is 0 Å². The lowest BCUT2D eigenvalue weighted by Crippen LogP contribution is -2.45. The van der Waals surface area contributed by atoms with Crippen molar-refractivity contribution < 1.29 is 18.7 Å². The van der Waals surface area contributed by atoms with E-state index in [1.165, 1.54) is 31.4 Å². The summed E-state index contributed by atoms with van der Waals surface area (Å²) in [6.07, 6.45) is 3.12. The van der Waals surface area contributed by atoms with Crippen LogP contribution in [-0.2, 0) is 9.53 Å². The van der Waals surface area contributed by atoms with Gasteiger partial charge in [-0.2, -0.15) is 0 Å². The van der Waals surface area contributed by atoms with Crippen LogP contribution in [0.25, 0.3) is 0 Å². The number of piperidine rings is 1. The van der Waals surface area contributed by atoms with Gasteiger partial charge in [-0.25, -0.2) is 4.39 Å². The Kier molecular flexibility index (Phi) is 5.44. The Balaban J connectivity index is 1.92. The molecule has 21 heavy (non-hydrogen) atoms. The Labute approximate surface area is 123 Å². The second kappa shape index (κ2) is 7.31. The van der Waals surface area contributed by atoms with Gasteiger partial charge in [-0.3, -0.25) is 14.5 Å². The van der Waals surface area contributed by atoms with Gasteiger partial charge in [0.1, 0.15) is 11.9 Å². The van der Waals surface area contributed by atoms with Gasteiger partial charge in [0.2, 0.25) is 0 Å². The molecule has 1 atom stereocenters. The first-order chi connectivity index (χ1) is 10.1. The van der Waals surface area contributed by atoms with E-state index in [0.29, 0.717) is 18.5 Å². The van der Waals surface area contributed by atoms with Crippen molar-refractivity contribution in [3.8, 4) is 0 Å². The standard InChI is InChI=1S/C16H20FNO3/c1-21-16(20)14-4-2-3-10-18(14)11-9-15(19)12-5-7-13(17)8-6-12/h5-8,14H,2-4,9-11H2,1H3. The highest BCUT2D eigenvalue weighted by Gasteiger charge is 2.29. The molecule has 1 aliphatic heterocycles. The van der Waals surface area contributed by atoms with Gasteiger partial charge in [-0.15, -0.1) is 0 Å². The molecule has 1 aromatic carbocycles. The molecule has 0 N–H and O–H groups in total. The Morgan fingerprint density at radius 1 is 1.29 bits per heavy atom. The molecule has 0 aliphatic carbocycles. The van der Waals surface area contributed by atoms with Gasteiger partial charge in [-0.1, -0.05) is 6.42 Å². The third-order valence-corrected chi connectivity index (χ3v) is 3.88. The molecule has 2 rings (SSSR count). The van der Waals surface area contributed by atoms with Crippen LogP contribution in [-0.4, -0.2) is 42.9 Å². The van der Waals surface area contributed by atoms with Crippen molar-refractivity contribution in [1.29, 1.82) is 0 Å². The minimum atomic E-state index is -0.353. The van der Waals surface area contributed by atoms with Crippen molar-refractivity contribution in [1.82, 2.24) is 4.90 Å². The Morgan fingerprint density at radius 3 is 2.67 bits per heavy atom. The lowest BCUT2D eigenvalue weighted by atomic mass is 10.0. The molecule has 1 fully saturated rings. The number of hydrogen-bond acceptors (Lipinski definition) is 4. The monoisotopic (exact) mass is 293 g/mol. The van der Waals surface area contributed by atoms with E-state index < -0.39 is 0 Å². The number of ketones is 1. The fourth-order valence-corrected chi connectivity index (χ4v) is 2.69. The molecule has 0 amide bonds. The molecule has 5 heteroatoms. The zero-order valence-corrected chi connectivity index (χ0v) is 12.2. The summed E-state index contributed by atoms with van der Waals surface area (Å²) in [5, 5.41) is 0. The lowest BCUT2D eigenvalue weighted by molar-refractivity contribution is -0.148. The zero-order chi connectivity index (χ0) is 15.2. The predicted octanol–water partition coefficient (Wildman–Crippen LogP) is 2.43. The van der Waals surface area contributed by atoms with Crippen LogP contribution in [0, 0.1) is 5.82 Å². The predicted molar refractivity (Wildman–Crippen MR) is 76.6 cm³/mol. The summed E-state index contributed by atoms with van der Waals surface area (Å²) in [5.41, 5.74) is 0.503. The molecule has 4 nitrogen and oxygen atoms in total. The maximum absolute atomic E-state index is 12.8. The average Bonchev–Trinajstić information content (AvgIpc) is 2.52. The summed E-state index contributed by atoms with van der Waals surface area (Å²) in [5.74, 6) is -0.624. The van der Waals surface area contributed by atoms with Crippen molar-refractivity contribution in [2.75, 3.05) is 20.2 Å². The highest BCUT2D eigenvalue weighted by atomic mass is 19.1. The van der Waals surface area contributed by atoms with Crippen molar-refractivity contribution in [3.63, 3.8) is 0 Å². The molecule has 1 aliphatic rings. The van der Waals surface area contributed by atoms with Crippen LogP contribution in [0.15, 0.2) is 24.3 Å². The van der Waals surface area contributed by atoms with E-state index in [0.717, 1.165) is 25.8 Å². The summed E-state index contributed by atoms with van der Waals surface area (Å²) >= 11 is 0. The number of likely N-dealkylation sites (tertiary alicyclic amines) is 1. The van der Waals surface area contributed by atoms with Gasteiger partial charge < -0.3 is 4.74 Å². The number of hydrogen-bond donors (Lipinski definition) is 0. The van der Waals surface area contributed by atoms with E-state index in [-0.39, 0.29) is 23.6 Å². The second-order valence-electron chi connectivity index (χ2n) is 5.25. The number of methoxy groups -OCH3 is 1. The number of halogens is 1. The lowest BCUT2D eigenvalue weighted by Gasteiger charge is -2.33. The van der Waals surface area contributed by atoms with E-state index in [4.69, 9.17) is 4.74 Å². The first kappa shape index (κ1) is 15.6. The molecule has 1 heterocycles. The number of benzene rings is 1. The number of esters is 1. The Bertz CT molecular complexity index is 501. The normalized spacial score (nSPS) is 19.2. The highest BCUT2D eigenvalue weighted by molar-refractivity contribution is 5.96. The van der Waals surface area contributed by atoms with Crippen LogP contribution in [0.5, 0.6) is 0 Å². The Morgan fingerprint density at radius 2 is 2.00 bits per heavy atom. The topological polar surface area (TPSA) is 46.6 Å². The Hall–Kier alpha value is -1.75. The average molecular weight is 293 g/mol. The number of rotatable bonds is 5. The quantitative estimate of drug-likeness (QED) is 0.618. The largest absolute Gasteiger partial charge is 0.468 e. The van der Waals surface area contributed by atoms with Gasteiger partial charge in [0, 0.05) is 18.5 Å². The van der Waals surface area contributed by atoms with Crippen LogP contribution in [0.1, 0.15) is 36.0 Å². The number of Topliss-reactive ketones (excluding diaryl/α,β-unsaturated/α-hetero) is 1. The molecule has 0 saturated carbocycles. The molecule has 1 unspecified atom stereocenters. The van der Waals surface area contributed by atoms with E-state index in [2.05, 4.69) is 0 Å². The number of carbonyl (C=O) groups is 2. The summed E-state index contributed by atoms with van der Waals surface area (Å²) in [6, 6.07) is 5.30. The van der Waals surface area contributed by atoms with Crippen molar-refractivity contribution in [3.05, 3.63) is 35.6 Å². The van der Waals surface area contributed by atoms with E-state index in [1.807, 2.05) is 4.90 Å². The van der Waals surface area contributed by atoms with Crippen molar-refractivity contribution in [2.24, 2.45) is 0 Å². The van der Waals surface area contributed by atoms with Crippen LogP contribution >= 0.6 is 0 Å². The maximum atomic E-state index is 12.8. The smallest absolute Gasteiger partial charge is 0.323 e. The van der Waals surface area contributed by atoms with E-state index in [1.54, 1.807) is 0 Å². The SMILES string of the molecule is COC(=O)C1CCCCN1CCC(=O)c1ccc(F)cc1. The third kappa shape index (κ3) is 4.11.